The highest BCUT2D eigenvalue weighted by molar-refractivity contribution is 7.89. The van der Waals surface area contributed by atoms with E-state index < -0.39 is 10.0 Å². The molecule has 2 fully saturated rings. The van der Waals surface area contributed by atoms with Crippen LogP contribution in [0.3, 0.4) is 0 Å². The van der Waals surface area contributed by atoms with E-state index in [1.807, 2.05) is 43.3 Å². The summed E-state index contributed by atoms with van der Waals surface area (Å²) in [7, 11) is -3.49. The van der Waals surface area contributed by atoms with Crippen LogP contribution in [0.4, 0.5) is 0 Å². The number of hydrogen-bond donors (Lipinski definition) is 0. The van der Waals surface area contributed by atoms with Gasteiger partial charge in [-0.1, -0.05) is 36.2 Å². The van der Waals surface area contributed by atoms with E-state index in [1.165, 1.54) is 19.3 Å². The Morgan fingerprint density at radius 2 is 1.60 bits per heavy atom. The van der Waals surface area contributed by atoms with Gasteiger partial charge in [-0.15, -0.1) is 0 Å². The van der Waals surface area contributed by atoms with Crippen molar-refractivity contribution in [1.82, 2.24) is 19.2 Å². The first-order chi connectivity index (χ1) is 16.9. The van der Waals surface area contributed by atoms with Gasteiger partial charge in [0.2, 0.25) is 15.9 Å². The summed E-state index contributed by atoms with van der Waals surface area (Å²) >= 11 is 0. The van der Waals surface area contributed by atoms with E-state index in [4.69, 9.17) is 14.7 Å². The number of piperazine rings is 1. The fourth-order valence-corrected chi connectivity index (χ4v) is 6.46. The van der Waals surface area contributed by atoms with Gasteiger partial charge in [-0.25, -0.2) is 13.4 Å². The molecule has 35 heavy (non-hydrogen) atoms. The second-order valence-electron chi connectivity index (χ2n) is 9.71. The third-order valence-electron chi connectivity index (χ3n) is 7.27. The Balaban J connectivity index is 1.32. The molecule has 1 aromatic heterocycles. The van der Waals surface area contributed by atoms with Crippen molar-refractivity contribution in [2.24, 2.45) is 0 Å². The van der Waals surface area contributed by atoms with Crippen LogP contribution in [-0.2, 0) is 10.0 Å². The standard InChI is InChI=1S/C27H34N4O3S/c1-20-12-14-23(15-13-20)35(32,33)31-18-16-30(17-19-31)21(2)26-28-25-11-7-6-10-24(25)27(29-26)34-22-8-4-3-5-9-22/h6-7,10-15,21-22H,3-5,8-9,16-19H2,1-2H3/t21-/m0/s1. The normalized spacial score (nSPS) is 19.6. The smallest absolute Gasteiger partial charge is 0.243 e. The maximum absolute atomic E-state index is 13.1. The van der Waals surface area contributed by atoms with Crippen LogP contribution in [-0.4, -0.2) is 59.9 Å². The van der Waals surface area contributed by atoms with E-state index in [0.717, 1.165) is 35.1 Å². The summed E-state index contributed by atoms with van der Waals surface area (Å²) in [6.45, 7) is 6.19. The van der Waals surface area contributed by atoms with Crippen LogP contribution in [0.5, 0.6) is 5.88 Å². The van der Waals surface area contributed by atoms with E-state index in [1.54, 1.807) is 16.4 Å². The average Bonchev–Trinajstić information content (AvgIpc) is 2.89. The molecule has 0 amide bonds. The first-order valence-electron chi connectivity index (χ1n) is 12.7. The molecule has 1 saturated carbocycles. The summed E-state index contributed by atoms with van der Waals surface area (Å²) in [6.07, 6.45) is 6.03. The van der Waals surface area contributed by atoms with Crippen LogP contribution in [0.2, 0.25) is 0 Å². The summed E-state index contributed by atoms with van der Waals surface area (Å²) < 4.78 is 34.2. The molecule has 2 heterocycles. The van der Waals surface area contributed by atoms with Crippen LogP contribution in [0, 0.1) is 6.92 Å². The quantitative estimate of drug-likeness (QED) is 0.494. The van der Waals surface area contributed by atoms with Gasteiger partial charge >= 0.3 is 0 Å². The number of ether oxygens (including phenoxy) is 1. The molecule has 1 atom stereocenters. The minimum atomic E-state index is -3.49. The van der Waals surface area contributed by atoms with Gasteiger partial charge in [0.15, 0.2) is 0 Å². The molecule has 0 N–H and O–H groups in total. The Morgan fingerprint density at radius 3 is 2.31 bits per heavy atom. The molecule has 3 aromatic rings. The number of rotatable bonds is 6. The van der Waals surface area contributed by atoms with Gasteiger partial charge in [-0.3, -0.25) is 4.90 Å². The molecule has 7 nitrogen and oxygen atoms in total. The molecule has 0 unspecified atom stereocenters. The lowest BCUT2D eigenvalue weighted by Gasteiger charge is -2.37. The molecule has 2 aromatic carbocycles. The molecule has 0 bridgehead atoms. The SMILES string of the molecule is Cc1ccc(S(=O)(=O)N2CCN([C@@H](C)c3nc(OC4CCCCC4)c4ccccc4n3)CC2)cc1. The molecule has 0 radical (unpaired) electrons. The van der Waals surface area contributed by atoms with E-state index in [2.05, 4.69) is 11.8 Å². The van der Waals surface area contributed by atoms with Crippen molar-refractivity contribution in [3.8, 4) is 5.88 Å². The maximum Gasteiger partial charge on any atom is 0.243 e. The minimum absolute atomic E-state index is 0.0439. The second kappa shape index (κ2) is 10.2. The van der Waals surface area contributed by atoms with Crippen molar-refractivity contribution in [2.45, 2.75) is 63.0 Å². The third kappa shape index (κ3) is 5.20. The number of benzene rings is 2. The Bertz CT molecular complexity index is 1270. The number of aromatic nitrogens is 2. The largest absolute Gasteiger partial charge is 0.474 e. The number of aryl methyl sites for hydroxylation is 1. The Kier molecular flexibility index (Phi) is 7.05. The summed E-state index contributed by atoms with van der Waals surface area (Å²) in [5, 5.41) is 0.947. The number of sulfonamides is 1. The summed E-state index contributed by atoms with van der Waals surface area (Å²) in [6, 6.07) is 15.0. The molecule has 186 valence electrons. The van der Waals surface area contributed by atoms with E-state index in [-0.39, 0.29) is 12.1 Å². The van der Waals surface area contributed by atoms with Crippen LogP contribution in [0.1, 0.15) is 56.5 Å². The maximum atomic E-state index is 13.1. The predicted molar refractivity (Wildman–Crippen MR) is 137 cm³/mol. The van der Waals surface area contributed by atoms with E-state index >= 15 is 0 Å². The summed E-state index contributed by atoms with van der Waals surface area (Å²) in [5.41, 5.74) is 1.93. The molecule has 1 saturated heterocycles. The van der Waals surface area contributed by atoms with Crippen molar-refractivity contribution >= 4 is 20.9 Å². The third-order valence-corrected chi connectivity index (χ3v) is 9.18. The van der Waals surface area contributed by atoms with Crippen LogP contribution in [0.25, 0.3) is 10.9 Å². The Hall–Kier alpha value is -2.55. The number of fused-ring (bicyclic) bond motifs is 1. The molecule has 0 spiro atoms. The fraction of sp³-hybridized carbons (Fsp3) is 0.481. The summed E-state index contributed by atoms with van der Waals surface area (Å²) in [4.78, 5) is 12.4. The zero-order chi connectivity index (χ0) is 24.4. The fourth-order valence-electron chi connectivity index (χ4n) is 5.04. The van der Waals surface area contributed by atoms with Crippen LogP contribution >= 0.6 is 0 Å². The van der Waals surface area contributed by atoms with Crippen molar-refractivity contribution < 1.29 is 13.2 Å². The Labute approximate surface area is 208 Å². The van der Waals surface area contributed by atoms with Gasteiger partial charge in [-0.05, 0) is 63.8 Å². The molecule has 5 rings (SSSR count). The van der Waals surface area contributed by atoms with Crippen molar-refractivity contribution in [3.63, 3.8) is 0 Å². The van der Waals surface area contributed by atoms with Gasteiger partial charge in [-0.2, -0.15) is 9.29 Å². The minimum Gasteiger partial charge on any atom is -0.474 e. The first kappa shape index (κ1) is 24.2. The van der Waals surface area contributed by atoms with Gasteiger partial charge in [0.1, 0.15) is 11.9 Å². The highest BCUT2D eigenvalue weighted by atomic mass is 32.2. The number of nitrogens with zero attached hydrogens (tertiary/aromatic N) is 4. The van der Waals surface area contributed by atoms with Gasteiger partial charge in [0.05, 0.1) is 21.8 Å². The molecular weight excluding hydrogens is 460 g/mol. The molecule has 1 aliphatic heterocycles. The van der Waals surface area contributed by atoms with Gasteiger partial charge < -0.3 is 4.74 Å². The lowest BCUT2D eigenvalue weighted by molar-refractivity contribution is 0.135. The second-order valence-corrected chi connectivity index (χ2v) is 11.6. The lowest BCUT2D eigenvalue weighted by Crippen LogP contribution is -2.49. The molecule has 1 aliphatic carbocycles. The Morgan fingerprint density at radius 1 is 0.914 bits per heavy atom. The van der Waals surface area contributed by atoms with Crippen LogP contribution in [0.15, 0.2) is 53.4 Å². The van der Waals surface area contributed by atoms with Gasteiger partial charge in [0, 0.05) is 26.2 Å². The average molecular weight is 495 g/mol. The monoisotopic (exact) mass is 494 g/mol. The summed E-state index contributed by atoms with van der Waals surface area (Å²) in [5.74, 6) is 1.40. The van der Waals surface area contributed by atoms with Crippen LogP contribution < -0.4 is 4.74 Å². The van der Waals surface area contributed by atoms with E-state index in [0.29, 0.717) is 37.0 Å². The molecule has 8 heteroatoms. The van der Waals surface area contributed by atoms with E-state index in [9.17, 15) is 8.42 Å². The zero-order valence-corrected chi connectivity index (χ0v) is 21.4. The zero-order valence-electron chi connectivity index (χ0n) is 20.6. The highest BCUT2D eigenvalue weighted by Crippen LogP contribution is 2.30. The lowest BCUT2D eigenvalue weighted by atomic mass is 9.98. The molecule has 2 aliphatic rings. The molecular formula is C27H34N4O3S. The van der Waals surface area contributed by atoms with Crippen molar-refractivity contribution in [3.05, 3.63) is 59.9 Å². The number of hydrogen-bond acceptors (Lipinski definition) is 6. The first-order valence-corrected chi connectivity index (χ1v) is 14.1. The number of para-hydroxylation sites is 1. The topological polar surface area (TPSA) is 75.6 Å². The van der Waals surface area contributed by atoms with Gasteiger partial charge in [0.25, 0.3) is 0 Å². The predicted octanol–water partition coefficient (Wildman–Crippen LogP) is 4.72. The van der Waals surface area contributed by atoms with Crippen molar-refractivity contribution in [2.75, 3.05) is 26.2 Å². The van der Waals surface area contributed by atoms with Crippen molar-refractivity contribution in [1.29, 1.82) is 0 Å². The highest BCUT2D eigenvalue weighted by Gasteiger charge is 2.31.